The highest BCUT2D eigenvalue weighted by molar-refractivity contribution is 5.33. The van der Waals surface area contributed by atoms with Crippen LogP contribution in [-0.4, -0.2) is 34.6 Å². The average molecular weight is 248 g/mol. The molecule has 1 aromatic rings. The van der Waals surface area contributed by atoms with Gasteiger partial charge in [-0.2, -0.15) is 0 Å². The van der Waals surface area contributed by atoms with Gasteiger partial charge in [0.25, 0.3) is 0 Å². The molecule has 4 nitrogen and oxygen atoms in total. The Bertz CT molecular complexity index is 388. The zero-order valence-electron chi connectivity index (χ0n) is 11.4. The van der Waals surface area contributed by atoms with Crippen LogP contribution in [0.2, 0.25) is 0 Å². The second-order valence-electron chi connectivity index (χ2n) is 5.85. The van der Waals surface area contributed by atoms with Gasteiger partial charge in [0.15, 0.2) is 0 Å². The van der Waals surface area contributed by atoms with Crippen molar-refractivity contribution in [2.45, 2.75) is 64.1 Å². The summed E-state index contributed by atoms with van der Waals surface area (Å²) in [6, 6.07) is 2.14. The van der Waals surface area contributed by atoms with Crippen molar-refractivity contribution < 1.29 is 0 Å². The first kappa shape index (κ1) is 12.0. The van der Waals surface area contributed by atoms with Gasteiger partial charge in [-0.15, -0.1) is 0 Å². The third kappa shape index (κ3) is 2.26. The third-order valence-electron chi connectivity index (χ3n) is 4.31. The van der Waals surface area contributed by atoms with Crippen molar-refractivity contribution in [2.75, 3.05) is 11.4 Å². The number of rotatable bonds is 4. The fourth-order valence-electron chi connectivity index (χ4n) is 3.53. The van der Waals surface area contributed by atoms with Gasteiger partial charge in [-0.25, -0.2) is 4.98 Å². The molecule has 0 aliphatic carbocycles. The van der Waals surface area contributed by atoms with Gasteiger partial charge in [-0.1, -0.05) is 6.92 Å². The van der Waals surface area contributed by atoms with E-state index in [-0.39, 0.29) is 0 Å². The first-order chi connectivity index (χ1) is 8.76. The summed E-state index contributed by atoms with van der Waals surface area (Å²) in [6.07, 6.45) is 8.38. The van der Waals surface area contributed by atoms with E-state index in [1.807, 2.05) is 6.20 Å². The highest BCUT2D eigenvalue weighted by Gasteiger charge is 2.36. The van der Waals surface area contributed by atoms with Crippen LogP contribution in [0, 0.1) is 6.92 Å². The Morgan fingerprint density at radius 2 is 2.06 bits per heavy atom. The molecule has 2 aliphatic heterocycles. The van der Waals surface area contributed by atoms with Crippen molar-refractivity contribution in [3.63, 3.8) is 0 Å². The number of fused-ring (bicyclic) bond motifs is 2. The molecule has 2 atom stereocenters. The number of H-pyrrole nitrogens is 1. The molecular formula is C14H24N4. The minimum atomic E-state index is 0.661. The van der Waals surface area contributed by atoms with Crippen LogP contribution < -0.4 is 10.2 Å². The molecular weight excluding hydrogens is 224 g/mol. The fourth-order valence-corrected chi connectivity index (χ4v) is 3.53. The van der Waals surface area contributed by atoms with E-state index >= 15 is 0 Å². The first-order valence-electron chi connectivity index (χ1n) is 7.30. The predicted octanol–water partition coefficient (Wildman–Crippen LogP) is 2.22. The molecule has 2 bridgehead atoms. The lowest BCUT2D eigenvalue weighted by molar-refractivity contribution is 0.344. The van der Waals surface area contributed by atoms with E-state index in [0.717, 1.165) is 30.3 Å². The molecule has 100 valence electrons. The summed E-state index contributed by atoms with van der Waals surface area (Å²) < 4.78 is 0. The smallest absolute Gasteiger partial charge is 0.203 e. The lowest BCUT2D eigenvalue weighted by Crippen LogP contribution is -2.49. The number of aromatic amines is 1. The average Bonchev–Trinajstić information content (AvgIpc) is 2.92. The van der Waals surface area contributed by atoms with Crippen LogP contribution in [-0.2, 0) is 0 Å². The van der Waals surface area contributed by atoms with Crippen LogP contribution in [0.5, 0.6) is 0 Å². The molecule has 0 amide bonds. The monoisotopic (exact) mass is 248 g/mol. The van der Waals surface area contributed by atoms with Crippen molar-refractivity contribution in [3.05, 3.63) is 11.9 Å². The summed E-state index contributed by atoms with van der Waals surface area (Å²) in [5.74, 6) is 1.07. The number of aromatic nitrogens is 2. The van der Waals surface area contributed by atoms with E-state index in [4.69, 9.17) is 0 Å². The molecule has 0 radical (unpaired) electrons. The van der Waals surface area contributed by atoms with Gasteiger partial charge >= 0.3 is 0 Å². The second-order valence-corrected chi connectivity index (χ2v) is 5.85. The predicted molar refractivity (Wildman–Crippen MR) is 73.9 cm³/mol. The van der Waals surface area contributed by atoms with Crippen LogP contribution >= 0.6 is 0 Å². The second kappa shape index (κ2) is 4.92. The molecule has 2 saturated heterocycles. The Balaban J connectivity index is 1.77. The van der Waals surface area contributed by atoms with Gasteiger partial charge in [-0.3, -0.25) is 0 Å². The largest absolute Gasteiger partial charge is 0.339 e. The van der Waals surface area contributed by atoms with Crippen LogP contribution in [0.1, 0.15) is 44.7 Å². The topological polar surface area (TPSA) is 44.0 Å². The summed E-state index contributed by atoms with van der Waals surface area (Å²) >= 11 is 0. The number of nitrogens with one attached hydrogen (secondary N) is 2. The number of anilines is 1. The molecule has 0 spiro atoms. The number of hydrogen-bond acceptors (Lipinski definition) is 3. The summed E-state index contributed by atoms with van der Waals surface area (Å²) in [7, 11) is 0. The molecule has 2 N–H and O–H groups in total. The highest BCUT2D eigenvalue weighted by atomic mass is 15.3. The van der Waals surface area contributed by atoms with Gasteiger partial charge in [0.2, 0.25) is 5.95 Å². The van der Waals surface area contributed by atoms with E-state index in [0.29, 0.717) is 6.04 Å². The molecule has 2 unspecified atom stereocenters. The maximum atomic E-state index is 4.53. The summed E-state index contributed by atoms with van der Waals surface area (Å²) in [6.45, 7) is 5.43. The quantitative estimate of drug-likeness (QED) is 0.858. The zero-order chi connectivity index (χ0) is 12.5. The van der Waals surface area contributed by atoms with Crippen molar-refractivity contribution >= 4 is 5.95 Å². The minimum Gasteiger partial charge on any atom is -0.339 e. The molecule has 3 heterocycles. The maximum absolute atomic E-state index is 4.53. The highest BCUT2D eigenvalue weighted by Crippen LogP contribution is 2.31. The van der Waals surface area contributed by atoms with Crippen molar-refractivity contribution in [1.82, 2.24) is 15.3 Å². The van der Waals surface area contributed by atoms with Crippen LogP contribution in [0.25, 0.3) is 0 Å². The summed E-state index contributed by atoms with van der Waals surface area (Å²) in [5.41, 5.74) is 1.16. The lowest BCUT2D eigenvalue weighted by Gasteiger charge is -2.37. The van der Waals surface area contributed by atoms with Gasteiger partial charge < -0.3 is 15.2 Å². The molecule has 2 aliphatic rings. The van der Waals surface area contributed by atoms with Gasteiger partial charge in [0, 0.05) is 36.6 Å². The number of imidazole rings is 1. The zero-order valence-corrected chi connectivity index (χ0v) is 11.4. The van der Waals surface area contributed by atoms with Crippen molar-refractivity contribution in [2.24, 2.45) is 0 Å². The molecule has 2 fully saturated rings. The minimum absolute atomic E-state index is 0.661. The van der Waals surface area contributed by atoms with Crippen molar-refractivity contribution in [1.29, 1.82) is 0 Å². The Kier molecular flexibility index (Phi) is 3.29. The summed E-state index contributed by atoms with van der Waals surface area (Å²) in [5, 5.41) is 3.72. The maximum Gasteiger partial charge on any atom is 0.203 e. The van der Waals surface area contributed by atoms with Gasteiger partial charge in [0.05, 0.1) is 0 Å². The third-order valence-corrected chi connectivity index (χ3v) is 4.31. The lowest BCUT2D eigenvalue weighted by atomic mass is 9.98. The van der Waals surface area contributed by atoms with Gasteiger partial charge in [-0.05, 0) is 39.0 Å². The Labute approximate surface area is 109 Å². The van der Waals surface area contributed by atoms with Gasteiger partial charge in [0.1, 0.15) is 0 Å². The fraction of sp³-hybridized carbons (Fsp3) is 0.786. The van der Waals surface area contributed by atoms with E-state index in [9.17, 15) is 0 Å². The Hall–Kier alpha value is -1.03. The standard InChI is InChI=1S/C14H24N4/c1-3-6-18(14-15-9-10(2)16-14)13-7-11-4-5-12(8-13)17-11/h9,11-13,17H,3-8H2,1-2H3,(H,15,16). The molecule has 1 aromatic heterocycles. The van der Waals surface area contributed by atoms with E-state index in [2.05, 4.69) is 34.0 Å². The normalized spacial score (nSPS) is 30.7. The Morgan fingerprint density at radius 1 is 1.33 bits per heavy atom. The molecule has 0 saturated carbocycles. The summed E-state index contributed by atoms with van der Waals surface area (Å²) in [4.78, 5) is 10.4. The number of nitrogens with zero attached hydrogens (tertiary/aromatic N) is 2. The van der Waals surface area contributed by atoms with E-state index < -0.39 is 0 Å². The van der Waals surface area contributed by atoms with E-state index in [1.54, 1.807) is 0 Å². The number of piperidine rings is 1. The van der Waals surface area contributed by atoms with Crippen LogP contribution in [0.15, 0.2) is 6.20 Å². The molecule has 0 aromatic carbocycles. The number of aryl methyl sites for hydroxylation is 1. The van der Waals surface area contributed by atoms with Crippen LogP contribution in [0.4, 0.5) is 5.95 Å². The molecule has 3 rings (SSSR count). The molecule has 18 heavy (non-hydrogen) atoms. The number of hydrogen-bond donors (Lipinski definition) is 2. The first-order valence-corrected chi connectivity index (χ1v) is 7.30. The van der Waals surface area contributed by atoms with E-state index in [1.165, 1.54) is 32.1 Å². The Morgan fingerprint density at radius 3 is 2.61 bits per heavy atom. The molecule has 4 heteroatoms. The SMILES string of the molecule is CCCN(c1ncc(C)[nH]1)C1CC2CCC(C1)N2. The van der Waals surface area contributed by atoms with Crippen molar-refractivity contribution in [3.8, 4) is 0 Å². The van der Waals surface area contributed by atoms with Crippen LogP contribution in [0.3, 0.4) is 0 Å².